The summed E-state index contributed by atoms with van der Waals surface area (Å²) in [4.78, 5) is 11.8. The van der Waals surface area contributed by atoms with Crippen molar-refractivity contribution in [1.82, 2.24) is 5.32 Å². The van der Waals surface area contributed by atoms with E-state index in [0.29, 0.717) is 13.2 Å². The Hall–Kier alpha value is -1.35. The molecule has 0 radical (unpaired) electrons. The lowest BCUT2D eigenvalue weighted by atomic mass is 9.77. The van der Waals surface area contributed by atoms with Crippen molar-refractivity contribution < 1.29 is 9.53 Å². The van der Waals surface area contributed by atoms with Crippen LogP contribution in [0.3, 0.4) is 0 Å². The van der Waals surface area contributed by atoms with Crippen LogP contribution in [0.4, 0.5) is 0 Å². The number of nitrogens with one attached hydrogen (secondary N) is 1. The van der Waals surface area contributed by atoms with Gasteiger partial charge in [-0.15, -0.1) is 0 Å². The lowest BCUT2D eigenvalue weighted by Gasteiger charge is -2.33. The number of fused-ring (bicyclic) bond motifs is 1. The highest BCUT2D eigenvalue weighted by Gasteiger charge is 2.33. The number of carbonyl (C=O) groups excluding carboxylic acids is 1. The molecule has 0 bridgehead atoms. The van der Waals surface area contributed by atoms with Gasteiger partial charge >= 0.3 is 0 Å². The van der Waals surface area contributed by atoms with Crippen molar-refractivity contribution in [2.75, 3.05) is 13.2 Å². The van der Waals surface area contributed by atoms with E-state index in [1.54, 1.807) is 0 Å². The average Bonchev–Trinajstić information content (AvgIpc) is 2.14. The normalized spacial score (nSPS) is 23.6. The van der Waals surface area contributed by atoms with Crippen molar-refractivity contribution >= 4 is 5.91 Å². The van der Waals surface area contributed by atoms with E-state index in [9.17, 15) is 4.79 Å². The van der Waals surface area contributed by atoms with Crippen LogP contribution in [-0.4, -0.2) is 25.2 Å². The molecule has 1 heterocycles. The average molecular weight is 203 g/mol. The highest BCUT2D eigenvalue weighted by atomic mass is 16.5. The number of hydrogen-bond acceptors (Lipinski definition) is 2. The van der Waals surface area contributed by atoms with Gasteiger partial charge in [-0.1, -0.05) is 24.3 Å². The first kappa shape index (κ1) is 8.92. The molecule has 1 unspecified atom stereocenters. The van der Waals surface area contributed by atoms with Crippen molar-refractivity contribution in [2.24, 2.45) is 0 Å². The minimum atomic E-state index is 0.0711. The summed E-state index contributed by atoms with van der Waals surface area (Å²) in [5, 5.41) is 3.00. The minimum absolute atomic E-state index is 0.0711. The second-order valence-corrected chi connectivity index (χ2v) is 4.20. The topological polar surface area (TPSA) is 38.3 Å². The molecule has 1 aliphatic carbocycles. The highest BCUT2D eigenvalue weighted by molar-refractivity contribution is 5.87. The van der Waals surface area contributed by atoms with E-state index in [0.717, 1.165) is 6.42 Å². The molecule has 1 atom stereocenters. The van der Waals surface area contributed by atoms with Gasteiger partial charge in [0.05, 0.1) is 25.2 Å². The van der Waals surface area contributed by atoms with Crippen LogP contribution < -0.4 is 5.32 Å². The van der Waals surface area contributed by atoms with Crippen LogP contribution >= 0.6 is 0 Å². The number of hydrogen-bond donors (Lipinski definition) is 1. The largest absolute Gasteiger partial charge is 0.377 e. The SMILES string of the molecule is O=C(NC1COC1)C1Cc2ccccc21. The Kier molecular flexibility index (Phi) is 1.99. The second kappa shape index (κ2) is 3.35. The van der Waals surface area contributed by atoms with Gasteiger partial charge < -0.3 is 10.1 Å². The van der Waals surface area contributed by atoms with Crippen molar-refractivity contribution in [2.45, 2.75) is 18.4 Å². The third kappa shape index (κ3) is 1.43. The molecule has 15 heavy (non-hydrogen) atoms. The van der Waals surface area contributed by atoms with Gasteiger partial charge in [0.1, 0.15) is 0 Å². The highest BCUT2D eigenvalue weighted by Crippen LogP contribution is 2.34. The molecule has 1 N–H and O–H groups in total. The molecular weight excluding hydrogens is 190 g/mol. The van der Waals surface area contributed by atoms with Crippen LogP contribution in [0.2, 0.25) is 0 Å². The van der Waals surface area contributed by atoms with E-state index in [4.69, 9.17) is 4.74 Å². The Morgan fingerprint density at radius 1 is 1.33 bits per heavy atom. The summed E-state index contributed by atoms with van der Waals surface area (Å²) >= 11 is 0. The van der Waals surface area contributed by atoms with Crippen LogP contribution in [0.15, 0.2) is 24.3 Å². The van der Waals surface area contributed by atoms with Gasteiger partial charge in [0.15, 0.2) is 0 Å². The van der Waals surface area contributed by atoms with Gasteiger partial charge in [-0.05, 0) is 17.5 Å². The Morgan fingerprint density at radius 2 is 2.13 bits per heavy atom. The molecule has 1 aromatic rings. The molecule has 1 aromatic carbocycles. The van der Waals surface area contributed by atoms with Crippen LogP contribution in [0.1, 0.15) is 17.0 Å². The van der Waals surface area contributed by atoms with E-state index < -0.39 is 0 Å². The van der Waals surface area contributed by atoms with Gasteiger partial charge in [0.2, 0.25) is 5.91 Å². The van der Waals surface area contributed by atoms with Crippen molar-refractivity contribution in [3.8, 4) is 0 Å². The Morgan fingerprint density at radius 3 is 2.80 bits per heavy atom. The lowest BCUT2D eigenvalue weighted by molar-refractivity contribution is -0.127. The first-order valence-corrected chi connectivity index (χ1v) is 5.30. The molecule has 0 saturated carbocycles. The van der Waals surface area contributed by atoms with Crippen LogP contribution in [-0.2, 0) is 16.0 Å². The number of ether oxygens (including phenoxy) is 1. The van der Waals surface area contributed by atoms with E-state index in [-0.39, 0.29) is 17.9 Å². The predicted octanol–water partition coefficient (Wildman–Crippen LogP) is 0.841. The maximum atomic E-state index is 11.8. The zero-order valence-corrected chi connectivity index (χ0v) is 8.40. The monoisotopic (exact) mass is 203 g/mol. The van der Waals surface area contributed by atoms with Crippen LogP contribution in [0.5, 0.6) is 0 Å². The van der Waals surface area contributed by atoms with Gasteiger partial charge in [-0.2, -0.15) is 0 Å². The minimum Gasteiger partial charge on any atom is -0.377 e. The third-order valence-corrected chi connectivity index (χ3v) is 3.16. The second-order valence-electron chi connectivity index (χ2n) is 4.20. The lowest BCUT2D eigenvalue weighted by Crippen LogP contribution is -2.51. The maximum Gasteiger partial charge on any atom is 0.228 e. The summed E-state index contributed by atoms with van der Waals surface area (Å²) in [6, 6.07) is 8.38. The summed E-state index contributed by atoms with van der Waals surface area (Å²) in [5.41, 5.74) is 2.50. The van der Waals surface area contributed by atoms with Crippen molar-refractivity contribution in [1.29, 1.82) is 0 Å². The standard InChI is InChI=1S/C12H13NO2/c14-12(13-9-6-15-7-9)11-5-8-3-1-2-4-10(8)11/h1-4,9,11H,5-7H2,(H,13,14). The van der Waals surface area contributed by atoms with Gasteiger partial charge in [0.25, 0.3) is 0 Å². The maximum absolute atomic E-state index is 11.8. The van der Waals surface area contributed by atoms with E-state index >= 15 is 0 Å². The predicted molar refractivity (Wildman–Crippen MR) is 55.6 cm³/mol. The Bertz CT molecular complexity index is 398. The summed E-state index contributed by atoms with van der Waals surface area (Å²) in [6.07, 6.45) is 0.885. The Labute approximate surface area is 88.4 Å². The van der Waals surface area contributed by atoms with E-state index in [1.807, 2.05) is 18.2 Å². The molecule has 3 nitrogen and oxygen atoms in total. The van der Waals surface area contributed by atoms with E-state index in [1.165, 1.54) is 11.1 Å². The van der Waals surface area contributed by atoms with Crippen LogP contribution in [0.25, 0.3) is 0 Å². The summed E-state index contributed by atoms with van der Waals surface area (Å²) in [7, 11) is 0. The van der Waals surface area contributed by atoms with Gasteiger partial charge in [-0.3, -0.25) is 4.79 Å². The van der Waals surface area contributed by atoms with Gasteiger partial charge in [0, 0.05) is 0 Å². The first-order chi connectivity index (χ1) is 7.34. The smallest absolute Gasteiger partial charge is 0.228 e. The fraction of sp³-hybridized carbons (Fsp3) is 0.417. The molecule has 1 aliphatic heterocycles. The number of rotatable bonds is 2. The molecule has 0 aromatic heterocycles. The van der Waals surface area contributed by atoms with Gasteiger partial charge in [-0.25, -0.2) is 0 Å². The number of benzene rings is 1. The molecule has 78 valence electrons. The van der Waals surface area contributed by atoms with Crippen molar-refractivity contribution in [3.05, 3.63) is 35.4 Å². The first-order valence-electron chi connectivity index (χ1n) is 5.30. The Balaban J connectivity index is 1.67. The fourth-order valence-corrected chi connectivity index (χ4v) is 2.11. The molecule has 0 spiro atoms. The summed E-state index contributed by atoms with van der Waals surface area (Å²) in [6.45, 7) is 1.33. The molecule has 2 aliphatic rings. The molecule has 1 amide bonds. The molecular formula is C12H13NO2. The van der Waals surface area contributed by atoms with E-state index in [2.05, 4.69) is 11.4 Å². The number of carbonyl (C=O) groups is 1. The van der Waals surface area contributed by atoms with Crippen molar-refractivity contribution in [3.63, 3.8) is 0 Å². The zero-order chi connectivity index (χ0) is 10.3. The molecule has 1 fully saturated rings. The fourth-order valence-electron chi connectivity index (χ4n) is 2.11. The van der Waals surface area contributed by atoms with Crippen LogP contribution in [0, 0.1) is 0 Å². The molecule has 3 rings (SSSR count). The summed E-state index contributed by atoms with van der Waals surface area (Å²) < 4.78 is 5.02. The third-order valence-electron chi connectivity index (χ3n) is 3.16. The zero-order valence-electron chi connectivity index (χ0n) is 8.40. The quantitative estimate of drug-likeness (QED) is 0.773. The molecule has 3 heteroatoms. The summed E-state index contributed by atoms with van der Waals surface area (Å²) in [5.74, 6) is 0.226. The number of amides is 1. The molecule has 1 saturated heterocycles.